The molecule has 4 aromatic rings. The first kappa shape index (κ1) is 23.5. The van der Waals surface area contributed by atoms with E-state index < -0.39 is 11.0 Å². The van der Waals surface area contributed by atoms with Gasteiger partial charge < -0.3 is 10.1 Å². The van der Waals surface area contributed by atoms with Crippen molar-refractivity contribution in [2.45, 2.75) is 0 Å². The van der Waals surface area contributed by atoms with Gasteiger partial charge in [-0.15, -0.1) is 0 Å². The number of nitrogens with one attached hydrogen (secondary N) is 1. The quantitative estimate of drug-likeness (QED) is 0.135. The number of benzene rings is 3. The maximum Gasteiger partial charge on any atom is 0.331 e. The summed E-state index contributed by atoms with van der Waals surface area (Å²) in [4.78, 5) is 45.3. The molecule has 3 aromatic carbocycles. The van der Waals surface area contributed by atoms with Crippen molar-refractivity contribution in [3.63, 3.8) is 0 Å². The molecule has 184 valence electrons. The van der Waals surface area contributed by atoms with E-state index in [2.05, 4.69) is 4.98 Å². The zero-order valence-electron chi connectivity index (χ0n) is 19.9. The van der Waals surface area contributed by atoms with Crippen molar-refractivity contribution in [1.29, 1.82) is 0 Å². The van der Waals surface area contributed by atoms with E-state index in [1.807, 2.05) is 30.3 Å². The fraction of sp³-hybridized carbons (Fsp3) is 0.0741. The van der Waals surface area contributed by atoms with Gasteiger partial charge in [0.1, 0.15) is 5.70 Å². The average Bonchev–Trinajstić information content (AvgIpc) is 3.32. The predicted molar refractivity (Wildman–Crippen MR) is 139 cm³/mol. The first-order chi connectivity index (χ1) is 17.7. The summed E-state index contributed by atoms with van der Waals surface area (Å²) in [5, 5.41) is 22.6. The van der Waals surface area contributed by atoms with Crippen LogP contribution >= 0.6 is 0 Å². The summed E-state index contributed by atoms with van der Waals surface area (Å²) in [7, 11) is 2.97. The van der Waals surface area contributed by atoms with E-state index in [-0.39, 0.29) is 23.2 Å². The molecule has 1 saturated heterocycles. The lowest BCUT2D eigenvalue weighted by atomic mass is 10.0. The number of aliphatic imine (C=N–C) groups is 1. The minimum atomic E-state index is -0.488. The van der Waals surface area contributed by atoms with Gasteiger partial charge in [0, 0.05) is 42.7 Å². The van der Waals surface area contributed by atoms with Crippen LogP contribution in [0.5, 0.6) is 5.88 Å². The Bertz CT molecular complexity index is 1620. The number of hydrogen-bond donors (Lipinski definition) is 2. The van der Waals surface area contributed by atoms with Crippen LogP contribution in [0.4, 0.5) is 16.2 Å². The molecule has 1 aromatic heterocycles. The van der Waals surface area contributed by atoms with Crippen LogP contribution in [0, 0.1) is 10.1 Å². The smallest absolute Gasteiger partial charge is 0.331 e. The molecule has 0 radical (unpaired) electrons. The van der Waals surface area contributed by atoms with Gasteiger partial charge in [-0.3, -0.25) is 24.7 Å². The minimum absolute atomic E-state index is 0.104. The zero-order chi connectivity index (χ0) is 26.3. The van der Waals surface area contributed by atoms with Crippen molar-refractivity contribution in [2.24, 2.45) is 4.99 Å². The SMILES string of the molecule is CN1C(=O)C(=Cc2ccc(N=C(c3ccccc3)c3c(O)[nH]c4ccc([N+](=O)[O-])cc34)cc2)N(C)C1=O. The Labute approximate surface area is 210 Å². The Morgan fingerprint density at radius 2 is 1.70 bits per heavy atom. The number of non-ortho nitro benzene ring substituents is 1. The van der Waals surface area contributed by atoms with E-state index in [4.69, 9.17) is 4.99 Å². The topological polar surface area (TPSA) is 132 Å². The predicted octanol–water partition coefficient (Wildman–Crippen LogP) is 4.82. The van der Waals surface area contributed by atoms with E-state index in [0.717, 1.165) is 4.90 Å². The normalized spacial score (nSPS) is 15.3. The van der Waals surface area contributed by atoms with Crippen LogP contribution in [0.3, 0.4) is 0 Å². The Hall–Kier alpha value is -5.25. The van der Waals surface area contributed by atoms with E-state index in [1.54, 1.807) is 43.5 Å². The van der Waals surface area contributed by atoms with E-state index in [0.29, 0.717) is 39.0 Å². The van der Waals surface area contributed by atoms with Gasteiger partial charge in [-0.2, -0.15) is 0 Å². The number of nitro groups is 1. The molecule has 1 aliphatic heterocycles. The molecule has 10 heteroatoms. The second kappa shape index (κ2) is 9.08. The van der Waals surface area contributed by atoms with Crippen molar-refractivity contribution in [3.05, 3.63) is 105 Å². The molecule has 2 N–H and O–H groups in total. The minimum Gasteiger partial charge on any atom is -0.494 e. The van der Waals surface area contributed by atoms with Gasteiger partial charge in [-0.25, -0.2) is 9.79 Å². The van der Waals surface area contributed by atoms with Gasteiger partial charge in [0.05, 0.1) is 21.9 Å². The van der Waals surface area contributed by atoms with Crippen molar-refractivity contribution >= 4 is 46.0 Å². The number of H-pyrrole nitrogens is 1. The lowest BCUT2D eigenvalue weighted by Crippen LogP contribution is -2.27. The number of hydrogen-bond acceptors (Lipinski definition) is 6. The number of rotatable bonds is 5. The van der Waals surface area contributed by atoms with Crippen LogP contribution in [-0.4, -0.2) is 56.6 Å². The summed E-state index contributed by atoms with van der Waals surface area (Å²) in [6.45, 7) is 0. The number of carbonyl (C=O) groups is 2. The highest BCUT2D eigenvalue weighted by Gasteiger charge is 2.35. The summed E-state index contributed by atoms with van der Waals surface area (Å²) in [5.74, 6) is -0.541. The molecule has 0 saturated carbocycles. The van der Waals surface area contributed by atoms with Crippen molar-refractivity contribution in [2.75, 3.05) is 14.1 Å². The summed E-state index contributed by atoms with van der Waals surface area (Å²) in [6, 6.07) is 20.1. The lowest BCUT2D eigenvalue weighted by Gasteiger charge is -2.09. The lowest BCUT2D eigenvalue weighted by molar-refractivity contribution is -0.384. The number of fused-ring (bicyclic) bond motifs is 1. The maximum atomic E-state index is 12.3. The highest BCUT2D eigenvalue weighted by atomic mass is 16.6. The van der Waals surface area contributed by atoms with Crippen LogP contribution in [0.15, 0.2) is 83.5 Å². The third-order valence-electron chi connectivity index (χ3n) is 6.15. The number of imide groups is 1. The number of aromatic hydroxyl groups is 1. The Morgan fingerprint density at radius 3 is 2.32 bits per heavy atom. The van der Waals surface area contributed by atoms with Crippen LogP contribution in [0.2, 0.25) is 0 Å². The van der Waals surface area contributed by atoms with Crippen LogP contribution in [0.25, 0.3) is 17.0 Å². The molecule has 1 aliphatic rings. The molecule has 5 rings (SSSR count). The Morgan fingerprint density at radius 1 is 1.00 bits per heavy atom. The fourth-order valence-electron chi connectivity index (χ4n) is 4.20. The molecular weight excluding hydrogens is 474 g/mol. The van der Waals surface area contributed by atoms with Gasteiger partial charge in [0.25, 0.3) is 11.6 Å². The van der Waals surface area contributed by atoms with Gasteiger partial charge in [-0.05, 0) is 29.8 Å². The van der Waals surface area contributed by atoms with Gasteiger partial charge in [0.2, 0.25) is 0 Å². The molecule has 10 nitrogen and oxygen atoms in total. The zero-order valence-corrected chi connectivity index (χ0v) is 19.9. The molecule has 0 spiro atoms. The van der Waals surface area contributed by atoms with Gasteiger partial charge in [0.15, 0.2) is 5.88 Å². The van der Waals surface area contributed by atoms with Crippen LogP contribution in [-0.2, 0) is 4.79 Å². The van der Waals surface area contributed by atoms with E-state index in [1.165, 1.54) is 24.1 Å². The first-order valence-electron chi connectivity index (χ1n) is 11.3. The molecule has 0 bridgehead atoms. The highest BCUT2D eigenvalue weighted by molar-refractivity contribution is 6.22. The molecule has 1 fully saturated rings. The van der Waals surface area contributed by atoms with Crippen molar-refractivity contribution in [3.8, 4) is 5.88 Å². The molecule has 3 amide bonds. The number of amides is 3. The number of aromatic amines is 1. The summed E-state index contributed by atoms with van der Waals surface area (Å²) >= 11 is 0. The molecule has 0 unspecified atom stereocenters. The van der Waals surface area contributed by atoms with Gasteiger partial charge in [-0.1, -0.05) is 42.5 Å². The highest BCUT2D eigenvalue weighted by Crippen LogP contribution is 2.33. The number of nitrogens with zero attached hydrogens (tertiary/aromatic N) is 4. The second-order valence-electron chi connectivity index (χ2n) is 8.49. The number of urea groups is 1. The summed E-state index contributed by atoms with van der Waals surface area (Å²) < 4.78 is 0. The average molecular weight is 495 g/mol. The number of nitro benzene ring substituents is 1. The standard InChI is InChI=1S/C27H21N5O5/c1-30-22(26(34)31(2)27(30)35)14-16-8-10-18(11-9-16)28-24(17-6-4-3-5-7-17)23-20-15-19(32(36)37)12-13-21(20)29-25(23)33/h3-15,29,33H,1-2H3. The second-order valence-corrected chi connectivity index (χ2v) is 8.49. The molecule has 0 atom stereocenters. The van der Waals surface area contributed by atoms with E-state index >= 15 is 0 Å². The number of aromatic nitrogens is 1. The molecule has 2 heterocycles. The Kier molecular flexibility index (Phi) is 5.76. The third kappa shape index (κ3) is 4.20. The number of likely N-dealkylation sites (N-methyl/N-ethyl adjacent to an activating group) is 2. The van der Waals surface area contributed by atoms with Crippen molar-refractivity contribution in [1.82, 2.24) is 14.8 Å². The van der Waals surface area contributed by atoms with Crippen LogP contribution < -0.4 is 0 Å². The number of carbonyl (C=O) groups excluding carboxylic acids is 2. The summed E-state index contributed by atoms with van der Waals surface area (Å²) in [5.41, 5.74) is 3.42. The third-order valence-corrected chi connectivity index (χ3v) is 6.15. The van der Waals surface area contributed by atoms with E-state index in [9.17, 15) is 24.8 Å². The largest absolute Gasteiger partial charge is 0.494 e. The summed E-state index contributed by atoms with van der Waals surface area (Å²) in [6.07, 6.45) is 1.62. The first-order valence-corrected chi connectivity index (χ1v) is 11.3. The maximum absolute atomic E-state index is 12.3. The fourth-order valence-corrected chi connectivity index (χ4v) is 4.20. The molecule has 0 aliphatic carbocycles. The van der Waals surface area contributed by atoms with Gasteiger partial charge >= 0.3 is 6.03 Å². The molecule has 37 heavy (non-hydrogen) atoms. The Balaban J connectivity index is 1.60. The van der Waals surface area contributed by atoms with Crippen molar-refractivity contribution < 1.29 is 19.6 Å². The molecular formula is C27H21N5O5. The monoisotopic (exact) mass is 495 g/mol. The van der Waals surface area contributed by atoms with Crippen LogP contribution in [0.1, 0.15) is 16.7 Å².